The Morgan fingerprint density at radius 1 is 1.02 bits per heavy atom. The van der Waals surface area contributed by atoms with Crippen LogP contribution in [0.5, 0.6) is 0 Å². The summed E-state index contributed by atoms with van der Waals surface area (Å²) < 4.78 is 1.79. The Morgan fingerprint density at radius 2 is 1.75 bits per heavy atom. The molecule has 0 bridgehead atoms. The van der Waals surface area contributed by atoms with Crippen molar-refractivity contribution >= 4 is 40.4 Å². The van der Waals surface area contributed by atoms with E-state index in [0.29, 0.717) is 38.1 Å². The van der Waals surface area contributed by atoms with E-state index < -0.39 is 5.25 Å². The van der Waals surface area contributed by atoms with E-state index in [1.807, 2.05) is 21.9 Å². The minimum Gasteiger partial charge on any atom is -0.369 e. The first-order chi connectivity index (χ1) is 21.1. The molecule has 44 heavy (non-hydrogen) atoms. The van der Waals surface area contributed by atoms with Gasteiger partial charge in [-0.15, -0.1) is 11.8 Å². The van der Waals surface area contributed by atoms with Crippen LogP contribution in [0, 0.1) is 5.41 Å². The summed E-state index contributed by atoms with van der Waals surface area (Å²) in [7, 11) is 2.16. The van der Waals surface area contributed by atoms with Crippen LogP contribution in [0.25, 0.3) is 11.2 Å². The van der Waals surface area contributed by atoms with E-state index >= 15 is 0 Å². The Balaban J connectivity index is 0.00000400. The highest BCUT2D eigenvalue weighted by molar-refractivity contribution is 8.01. The molecule has 0 spiro atoms. The van der Waals surface area contributed by atoms with Crippen LogP contribution in [-0.2, 0) is 9.59 Å². The first kappa shape index (κ1) is 30.7. The van der Waals surface area contributed by atoms with Crippen molar-refractivity contribution in [3.05, 3.63) is 58.6 Å². The lowest BCUT2D eigenvalue weighted by Gasteiger charge is -2.37. The Kier molecular flexibility index (Phi) is 8.79. The number of fused-ring (bicyclic) bond motifs is 1. The van der Waals surface area contributed by atoms with Gasteiger partial charge >= 0.3 is 5.69 Å². The van der Waals surface area contributed by atoms with Crippen LogP contribution in [0.15, 0.2) is 47.4 Å². The molecule has 1 unspecified atom stereocenters. The molecule has 11 heteroatoms. The van der Waals surface area contributed by atoms with E-state index in [-0.39, 0.29) is 42.2 Å². The van der Waals surface area contributed by atoms with Crippen LogP contribution in [0.3, 0.4) is 0 Å². The molecule has 10 nitrogen and oxygen atoms in total. The fraction of sp³-hybridized carbons (Fsp3) is 0.576. The number of amides is 2. The number of benzene rings is 1. The number of rotatable bonds is 7. The van der Waals surface area contributed by atoms with Crippen molar-refractivity contribution in [2.75, 3.05) is 57.8 Å². The van der Waals surface area contributed by atoms with Gasteiger partial charge in [0.2, 0.25) is 11.8 Å². The molecule has 2 atom stereocenters. The number of nitrogens with zero attached hydrogens (tertiary/aromatic N) is 6. The lowest BCUT2D eigenvalue weighted by molar-refractivity contribution is -0.136. The highest BCUT2D eigenvalue weighted by atomic mass is 32.2. The first-order valence-electron chi connectivity index (χ1n) is 15.9. The number of aromatic amines is 1. The van der Waals surface area contributed by atoms with E-state index in [1.165, 1.54) is 11.3 Å². The second-order valence-corrected chi connectivity index (χ2v) is 14.9. The van der Waals surface area contributed by atoms with Gasteiger partial charge in [-0.05, 0) is 49.9 Å². The SMILES string of the molecule is CN1CCN(c2ccccc2[C@H]2SC(CC(=O)N3CCC(n4c(=O)[nH]c5ncccc54)CC3)C(=O)N2CCC(C)(C)C)CC1.[HH]. The summed E-state index contributed by atoms with van der Waals surface area (Å²) in [6.45, 7) is 12.4. The van der Waals surface area contributed by atoms with E-state index in [4.69, 9.17) is 0 Å². The monoisotopic (exact) mass is 621 g/mol. The molecule has 3 aliphatic rings. The number of piperazine rings is 1. The van der Waals surface area contributed by atoms with Gasteiger partial charge < -0.3 is 19.6 Å². The summed E-state index contributed by atoms with van der Waals surface area (Å²) in [4.78, 5) is 56.1. The largest absolute Gasteiger partial charge is 0.369 e. The number of nitrogens with one attached hydrogen (secondary N) is 1. The van der Waals surface area contributed by atoms with Crippen LogP contribution in [0.2, 0.25) is 0 Å². The molecular weight excluding hydrogens is 574 g/mol. The molecule has 3 saturated heterocycles. The number of carbonyl (C=O) groups excluding carboxylic acids is 2. The molecule has 3 aliphatic heterocycles. The van der Waals surface area contributed by atoms with Crippen LogP contribution in [0.4, 0.5) is 5.69 Å². The zero-order valence-corrected chi connectivity index (χ0v) is 27.2. The third-order valence-corrected chi connectivity index (χ3v) is 10.8. The minimum absolute atomic E-state index is 0. The van der Waals surface area contributed by atoms with Crippen LogP contribution in [-0.4, -0.2) is 99.2 Å². The van der Waals surface area contributed by atoms with Gasteiger partial charge in [0, 0.05) is 77.2 Å². The Hall–Kier alpha value is -3.31. The average Bonchev–Trinajstić information content (AvgIpc) is 3.51. The van der Waals surface area contributed by atoms with Gasteiger partial charge in [-0.3, -0.25) is 19.1 Å². The zero-order valence-electron chi connectivity index (χ0n) is 26.4. The van der Waals surface area contributed by atoms with E-state index in [1.54, 1.807) is 22.5 Å². The number of likely N-dealkylation sites (N-methyl/N-ethyl adjacent to an activating group) is 1. The fourth-order valence-corrected chi connectivity index (χ4v) is 8.17. The number of para-hydroxylation sites is 1. The van der Waals surface area contributed by atoms with Gasteiger partial charge in [0.25, 0.3) is 0 Å². The van der Waals surface area contributed by atoms with Crippen LogP contribution < -0.4 is 10.6 Å². The second-order valence-electron chi connectivity index (χ2n) is 13.7. The van der Waals surface area contributed by atoms with Crippen LogP contribution >= 0.6 is 11.8 Å². The summed E-state index contributed by atoms with van der Waals surface area (Å²) in [6.07, 6.45) is 4.15. The summed E-state index contributed by atoms with van der Waals surface area (Å²) in [5, 5.41) is -0.528. The summed E-state index contributed by atoms with van der Waals surface area (Å²) in [5.74, 6) is 0.0875. The van der Waals surface area contributed by atoms with Crippen molar-refractivity contribution in [2.24, 2.45) is 5.41 Å². The van der Waals surface area contributed by atoms with E-state index in [2.05, 4.69) is 71.9 Å². The number of likely N-dealkylation sites (tertiary alicyclic amines) is 1. The molecule has 3 aromatic rings. The maximum Gasteiger partial charge on any atom is 0.327 e. The molecule has 5 heterocycles. The number of carbonyl (C=O) groups is 2. The standard InChI is InChI=1S/C33H45N7O3S.H2/c1-33(2,3)13-17-39-30(42)27(44-31(39)24-8-5-6-9-25(24)37-20-18-36(4)19-21-37)22-28(41)38-15-11-23(12-16-38)40-26-10-7-14-34-29(26)35-32(40)43;/h5-10,14,23,27,31H,11-13,15-22H2,1-4H3,(H,34,35,43);1H/t27?,31-;/m1./s1. The Morgan fingerprint density at radius 3 is 2.48 bits per heavy atom. The number of imidazole rings is 1. The molecule has 238 valence electrons. The molecule has 3 fully saturated rings. The second kappa shape index (κ2) is 12.6. The fourth-order valence-electron chi connectivity index (χ4n) is 6.66. The van der Waals surface area contributed by atoms with E-state index in [9.17, 15) is 14.4 Å². The zero-order chi connectivity index (χ0) is 31.0. The van der Waals surface area contributed by atoms with Crippen molar-refractivity contribution in [3.8, 4) is 0 Å². The van der Waals surface area contributed by atoms with Gasteiger partial charge in [-0.25, -0.2) is 9.78 Å². The molecule has 0 saturated carbocycles. The summed E-state index contributed by atoms with van der Waals surface area (Å²) in [6, 6.07) is 12.3. The highest BCUT2D eigenvalue weighted by Gasteiger charge is 2.44. The number of piperidine rings is 1. The van der Waals surface area contributed by atoms with Crippen molar-refractivity contribution in [2.45, 2.75) is 63.1 Å². The highest BCUT2D eigenvalue weighted by Crippen LogP contribution is 2.48. The van der Waals surface area contributed by atoms with Crippen LogP contribution in [0.1, 0.15) is 64.9 Å². The molecule has 0 aliphatic carbocycles. The third-order valence-electron chi connectivity index (χ3n) is 9.32. The van der Waals surface area contributed by atoms with Gasteiger partial charge in [-0.1, -0.05) is 39.0 Å². The number of thioether (sulfide) groups is 1. The minimum atomic E-state index is -0.409. The number of aromatic nitrogens is 3. The quantitative estimate of drug-likeness (QED) is 0.419. The number of hydrogen-bond donors (Lipinski definition) is 1. The Bertz CT molecular complexity index is 1550. The van der Waals surface area contributed by atoms with E-state index in [0.717, 1.165) is 38.1 Å². The van der Waals surface area contributed by atoms with Gasteiger partial charge in [0.05, 0.1) is 10.8 Å². The summed E-state index contributed by atoms with van der Waals surface area (Å²) in [5.41, 5.74) is 3.69. The van der Waals surface area contributed by atoms with Gasteiger partial charge in [-0.2, -0.15) is 0 Å². The van der Waals surface area contributed by atoms with Crippen molar-refractivity contribution in [1.82, 2.24) is 29.2 Å². The normalized spacial score (nSPS) is 22.4. The van der Waals surface area contributed by atoms with Gasteiger partial charge in [0.15, 0.2) is 5.65 Å². The molecular formula is C33H47N7O3S. The number of pyridine rings is 1. The molecule has 1 N–H and O–H groups in total. The molecule has 1 aromatic carbocycles. The third kappa shape index (κ3) is 6.40. The van der Waals surface area contributed by atoms with Gasteiger partial charge in [0.1, 0.15) is 5.37 Å². The molecule has 2 aromatic heterocycles. The average molecular weight is 622 g/mol. The molecule has 6 rings (SSSR count). The smallest absolute Gasteiger partial charge is 0.327 e. The summed E-state index contributed by atoms with van der Waals surface area (Å²) >= 11 is 1.64. The van der Waals surface area contributed by atoms with Crippen molar-refractivity contribution in [1.29, 1.82) is 0 Å². The topological polar surface area (TPSA) is 97.8 Å². The van der Waals surface area contributed by atoms with Crippen molar-refractivity contribution in [3.63, 3.8) is 0 Å². The predicted octanol–water partition coefficient (Wildman–Crippen LogP) is 4.36. The number of hydrogen-bond acceptors (Lipinski definition) is 7. The number of H-pyrrole nitrogens is 1. The molecule has 0 radical (unpaired) electrons. The Labute approximate surface area is 265 Å². The lowest BCUT2D eigenvalue weighted by atomic mass is 9.92. The molecule has 2 amide bonds. The maximum atomic E-state index is 14.0. The number of anilines is 1. The first-order valence-corrected chi connectivity index (χ1v) is 16.8. The maximum absolute atomic E-state index is 14.0. The lowest BCUT2D eigenvalue weighted by Crippen LogP contribution is -2.45. The predicted molar refractivity (Wildman–Crippen MR) is 178 cm³/mol. The van der Waals surface area contributed by atoms with Crippen molar-refractivity contribution < 1.29 is 11.0 Å².